The summed E-state index contributed by atoms with van der Waals surface area (Å²) in [6, 6.07) is 14.1. The normalized spacial score (nSPS) is 14.7. The number of piperidine rings is 1. The molecule has 0 radical (unpaired) electrons. The molecule has 5 heteroatoms. The fourth-order valence-electron chi connectivity index (χ4n) is 3.60. The number of para-hydroxylation sites is 1. The fourth-order valence-corrected chi connectivity index (χ4v) is 3.60. The van der Waals surface area contributed by atoms with Gasteiger partial charge in [0.25, 0.3) is 0 Å². The number of ether oxygens (including phenoxy) is 2. The van der Waals surface area contributed by atoms with Crippen LogP contribution in [-0.4, -0.2) is 38.1 Å². The van der Waals surface area contributed by atoms with Crippen LogP contribution < -0.4 is 14.8 Å². The van der Waals surface area contributed by atoms with Gasteiger partial charge in [-0.3, -0.25) is 9.69 Å². The minimum Gasteiger partial charge on any atom is -0.493 e. The summed E-state index contributed by atoms with van der Waals surface area (Å²) in [5, 5.41) is 2.93. The summed E-state index contributed by atoms with van der Waals surface area (Å²) >= 11 is 0. The van der Waals surface area contributed by atoms with Crippen LogP contribution >= 0.6 is 0 Å². The third-order valence-electron chi connectivity index (χ3n) is 5.19. The molecule has 0 saturated carbocycles. The van der Waals surface area contributed by atoms with E-state index >= 15 is 0 Å². The van der Waals surface area contributed by atoms with Gasteiger partial charge in [-0.2, -0.15) is 0 Å². The van der Waals surface area contributed by atoms with Gasteiger partial charge in [-0.1, -0.05) is 42.8 Å². The van der Waals surface area contributed by atoms with Crippen LogP contribution in [-0.2, 0) is 17.9 Å². The predicted octanol–water partition coefficient (Wildman–Crippen LogP) is 4.02. The SMILES string of the molecule is COc1cccc(/C=C/C(=O)NCc2ccc(CN3CCCCC3)cc2)c1OC. The van der Waals surface area contributed by atoms with E-state index in [1.54, 1.807) is 20.3 Å². The van der Waals surface area contributed by atoms with Crippen LogP contribution in [0.5, 0.6) is 11.5 Å². The smallest absolute Gasteiger partial charge is 0.244 e. The Kier molecular flexibility index (Phi) is 7.70. The van der Waals surface area contributed by atoms with Crippen molar-refractivity contribution in [3.05, 3.63) is 65.2 Å². The van der Waals surface area contributed by atoms with E-state index in [0.29, 0.717) is 18.0 Å². The standard InChI is InChI=1S/C24H30N2O3/c1-28-22-8-6-7-21(24(22)29-2)13-14-23(27)25-17-19-9-11-20(12-10-19)18-26-15-4-3-5-16-26/h6-14H,3-5,15-18H2,1-2H3,(H,25,27)/b14-13+. The molecule has 29 heavy (non-hydrogen) atoms. The van der Waals surface area contributed by atoms with E-state index in [4.69, 9.17) is 9.47 Å². The largest absolute Gasteiger partial charge is 0.493 e. The van der Waals surface area contributed by atoms with Gasteiger partial charge in [0.1, 0.15) is 0 Å². The van der Waals surface area contributed by atoms with Gasteiger partial charge in [-0.05, 0) is 49.2 Å². The van der Waals surface area contributed by atoms with Crippen molar-refractivity contribution >= 4 is 12.0 Å². The number of carbonyl (C=O) groups excluding carboxylic acids is 1. The summed E-state index contributed by atoms with van der Waals surface area (Å²) in [6.45, 7) is 3.91. The van der Waals surface area contributed by atoms with Gasteiger partial charge in [0, 0.05) is 24.7 Å². The topological polar surface area (TPSA) is 50.8 Å². The summed E-state index contributed by atoms with van der Waals surface area (Å²) in [5.41, 5.74) is 3.21. The Morgan fingerprint density at radius 1 is 1.00 bits per heavy atom. The van der Waals surface area contributed by atoms with Crippen LogP contribution in [0, 0.1) is 0 Å². The zero-order chi connectivity index (χ0) is 20.5. The first-order chi connectivity index (χ1) is 14.2. The number of nitrogens with zero attached hydrogens (tertiary/aromatic N) is 1. The molecule has 1 saturated heterocycles. The minimum atomic E-state index is -0.146. The number of methoxy groups -OCH3 is 2. The number of amides is 1. The molecule has 154 valence electrons. The lowest BCUT2D eigenvalue weighted by atomic mass is 10.1. The number of rotatable bonds is 8. The number of likely N-dealkylation sites (tertiary alicyclic amines) is 1. The maximum Gasteiger partial charge on any atom is 0.244 e. The summed E-state index contributed by atoms with van der Waals surface area (Å²) in [7, 11) is 3.18. The van der Waals surface area contributed by atoms with Crippen molar-refractivity contribution in [1.82, 2.24) is 10.2 Å². The van der Waals surface area contributed by atoms with Crippen molar-refractivity contribution in [2.75, 3.05) is 27.3 Å². The lowest BCUT2D eigenvalue weighted by molar-refractivity contribution is -0.116. The maximum absolute atomic E-state index is 12.2. The van der Waals surface area contributed by atoms with Crippen molar-refractivity contribution < 1.29 is 14.3 Å². The van der Waals surface area contributed by atoms with Gasteiger partial charge >= 0.3 is 0 Å². The Bertz CT molecular complexity index is 825. The number of hydrogen-bond donors (Lipinski definition) is 1. The molecule has 0 spiro atoms. The molecule has 0 unspecified atom stereocenters. The van der Waals surface area contributed by atoms with Gasteiger partial charge in [-0.25, -0.2) is 0 Å². The van der Waals surface area contributed by atoms with E-state index in [0.717, 1.165) is 17.7 Å². The summed E-state index contributed by atoms with van der Waals surface area (Å²) in [6.07, 6.45) is 7.22. The lowest BCUT2D eigenvalue weighted by Gasteiger charge is -2.26. The molecular weight excluding hydrogens is 364 g/mol. The van der Waals surface area contributed by atoms with Crippen LogP contribution in [0.3, 0.4) is 0 Å². The number of hydrogen-bond acceptors (Lipinski definition) is 4. The molecular formula is C24H30N2O3. The molecule has 1 fully saturated rings. The molecule has 1 amide bonds. The van der Waals surface area contributed by atoms with Gasteiger partial charge in [0.15, 0.2) is 11.5 Å². The van der Waals surface area contributed by atoms with Crippen LogP contribution in [0.15, 0.2) is 48.5 Å². The lowest BCUT2D eigenvalue weighted by Crippen LogP contribution is -2.29. The highest BCUT2D eigenvalue weighted by atomic mass is 16.5. The first-order valence-corrected chi connectivity index (χ1v) is 10.2. The van der Waals surface area contributed by atoms with Gasteiger partial charge in [0.05, 0.1) is 14.2 Å². The molecule has 5 nitrogen and oxygen atoms in total. The first kappa shape index (κ1) is 20.9. The molecule has 1 N–H and O–H groups in total. The van der Waals surface area contributed by atoms with Crippen LogP contribution in [0.25, 0.3) is 6.08 Å². The highest BCUT2D eigenvalue weighted by Gasteiger charge is 2.10. The Labute approximate surface area is 173 Å². The Hall–Kier alpha value is -2.79. The van der Waals surface area contributed by atoms with E-state index in [9.17, 15) is 4.79 Å². The average molecular weight is 395 g/mol. The third kappa shape index (κ3) is 6.09. The van der Waals surface area contributed by atoms with E-state index in [1.807, 2.05) is 18.2 Å². The first-order valence-electron chi connectivity index (χ1n) is 10.2. The Morgan fingerprint density at radius 3 is 2.41 bits per heavy atom. The zero-order valence-electron chi connectivity index (χ0n) is 17.3. The molecule has 0 aromatic heterocycles. The average Bonchev–Trinajstić information content (AvgIpc) is 2.77. The van der Waals surface area contributed by atoms with Gasteiger partial charge < -0.3 is 14.8 Å². The fraction of sp³-hybridized carbons (Fsp3) is 0.375. The van der Waals surface area contributed by atoms with Crippen LogP contribution in [0.1, 0.15) is 36.0 Å². The summed E-state index contributed by atoms with van der Waals surface area (Å²) in [5.74, 6) is 1.11. The molecule has 2 aromatic rings. The Balaban J connectivity index is 1.51. The van der Waals surface area contributed by atoms with E-state index < -0.39 is 0 Å². The highest BCUT2D eigenvalue weighted by molar-refractivity contribution is 5.92. The second-order valence-electron chi connectivity index (χ2n) is 7.29. The number of carbonyl (C=O) groups is 1. The summed E-state index contributed by atoms with van der Waals surface area (Å²) < 4.78 is 10.7. The predicted molar refractivity (Wildman–Crippen MR) is 116 cm³/mol. The van der Waals surface area contributed by atoms with Gasteiger partial charge in [0.2, 0.25) is 5.91 Å². The van der Waals surface area contributed by atoms with Crippen molar-refractivity contribution in [3.8, 4) is 11.5 Å². The third-order valence-corrected chi connectivity index (χ3v) is 5.19. The highest BCUT2D eigenvalue weighted by Crippen LogP contribution is 2.31. The maximum atomic E-state index is 12.2. The zero-order valence-corrected chi connectivity index (χ0v) is 17.3. The van der Waals surface area contributed by atoms with Crippen LogP contribution in [0.4, 0.5) is 0 Å². The number of nitrogens with one attached hydrogen (secondary N) is 1. The minimum absolute atomic E-state index is 0.146. The molecule has 3 rings (SSSR count). The quantitative estimate of drug-likeness (QED) is 0.687. The molecule has 1 heterocycles. The monoisotopic (exact) mass is 394 g/mol. The van der Waals surface area contributed by atoms with E-state index in [2.05, 4.69) is 34.5 Å². The Morgan fingerprint density at radius 2 is 1.72 bits per heavy atom. The van der Waals surface area contributed by atoms with E-state index in [-0.39, 0.29) is 5.91 Å². The molecule has 1 aliphatic heterocycles. The van der Waals surface area contributed by atoms with Crippen molar-refractivity contribution in [1.29, 1.82) is 0 Å². The van der Waals surface area contributed by atoms with Gasteiger partial charge in [-0.15, -0.1) is 0 Å². The summed E-state index contributed by atoms with van der Waals surface area (Å²) in [4.78, 5) is 14.7. The second-order valence-corrected chi connectivity index (χ2v) is 7.29. The molecule has 1 aliphatic rings. The molecule has 2 aromatic carbocycles. The van der Waals surface area contributed by atoms with Crippen molar-refractivity contribution in [2.45, 2.75) is 32.4 Å². The van der Waals surface area contributed by atoms with E-state index in [1.165, 1.54) is 44.0 Å². The number of benzene rings is 2. The van der Waals surface area contributed by atoms with Crippen molar-refractivity contribution in [2.24, 2.45) is 0 Å². The molecule has 0 atom stereocenters. The van der Waals surface area contributed by atoms with Crippen LogP contribution in [0.2, 0.25) is 0 Å². The van der Waals surface area contributed by atoms with Crippen molar-refractivity contribution in [3.63, 3.8) is 0 Å². The molecule has 0 aliphatic carbocycles. The second kappa shape index (κ2) is 10.7. The molecule has 0 bridgehead atoms.